The number of aromatic nitrogens is 2. The van der Waals surface area contributed by atoms with Crippen LogP contribution in [-0.2, 0) is 6.42 Å². The SMILES string of the molecule is NNC(COc1ccc(Cl)cc1)Cc1cn2ccsc2n1. The van der Waals surface area contributed by atoms with Crippen LogP contribution in [0.5, 0.6) is 5.75 Å². The van der Waals surface area contributed by atoms with Gasteiger partial charge in [-0.3, -0.25) is 15.7 Å². The lowest BCUT2D eigenvalue weighted by molar-refractivity contribution is 0.263. The number of benzene rings is 1. The highest BCUT2D eigenvalue weighted by molar-refractivity contribution is 7.15. The largest absolute Gasteiger partial charge is 0.492 e. The molecule has 3 N–H and O–H groups in total. The molecule has 2 heterocycles. The highest BCUT2D eigenvalue weighted by atomic mass is 35.5. The molecule has 0 aliphatic rings. The molecule has 3 rings (SSSR count). The van der Waals surface area contributed by atoms with Crippen LogP contribution in [0, 0.1) is 0 Å². The first kappa shape index (κ1) is 14.3. The monoisotopic (exact) mass is 322 g/mol. The van der Waals surface area contributed by atoms with Gasteiger partial charge in [0, 0.05) is 29.2 Å². The average molecular weight is 323 g/mol. The van der Waals surface area contributed by atoms with Crippen molar-refractivity contribution in [2.45, 2.75) is 12.5 Å². The van der Waals surface area contributed by atoms with Crippen molar-refractivity contribution < 1.29 is 4.74 Å². The predicted molar refractivity (Wildman–Crippen MR) is 84.8 cm³/mol. The van der Waals surface area contributed by atoms with Gasteiger partial charge >= 0.3 is 0 Å². The van der Waals surface area contributed by atoms with E-state index in [0.717, 1.165) is 16.4 Å². The maximum Gasteiger partial charge on any atom is 0.193 e. The van der Waals surface area contributed by atoms with E-state index >= 15 is 0 Å². The zero-order valence-corrected chi connectivity index (χ0v) is 12.8. The molecule has 1 atom stereocenters. The molecular weight excluding hydrogens is 308 g/mol. The molecule has 7 heteroatoms. The summed E-state index contributed by atoms with van der Waals surface area (Å²) in [7, 11) is 0. The molecule has 3 aromatic rings. The van der Waals surface area contributed by atoms with Gasteiger partial charge in [0.15, 0.2) is 4.96 Å². The first-order valence-corrected chi connectivity index (χ1v) is 7.76. The van der Waals surface area contributed by atoms with Gasteiger partial charge in [0.25, 0.3) is 0 Å². The van der Waals surface area contributed by atoms with Crippen LogP contribution in [0.1, 0.15) is 5.69 Å². The van der Waals surface area contributed by atoms with Crippen LogP contribution in [0.15, 0.2) is 42.0 Å². The van der Waals surface area contributed by atoms with Gasteiger partial charge in [-0.2, -0.15) is 0 Å². The molecule has 0 spiro atoms. The molecule has 0 amide bonds. The van der Waals surface area contributed by atoms with Crippen LogP contribution in [0.2, 0.25) is 5.02 Å². The van der Waals surface area contributed by atoms with E-state index in [1.807, 2.05) is 34.3 Å². The van der Waals surface area contributed by atoms with Gasteiger partial charge in [-0.05, 0) is 24.3 Å². The number of halogens is 1. The second-order valence-corrected chi connectivity index (χ2v) is 5.97. The van der Waals surface area contributed by atoms with E-state index in [1.165, 1.54) is 0 Å². The number of fused-ring (bicyclic) bond motifs is 1. The van der Waals surface area contributed by atoms with Gasteiger partial charge in [-0.25, -0.2) is 4.98 Å². The number of hydrogen-bond acceptors (Lipinski definition) is 5. The summed E-state index contributed by atoms with van der Waals surface area (Å²) in [6.07, 6.45) is 4.71. The maximum absolute atomic E-state index is 5.84. The van der Waals surface area contributed by atoms with Crippen molar-refractivity contribution in [2.24, 2.45) is 5.84 Å². The highest BCUT2D eigenvalue weighted by Gasteiger charge is 2.12. The molecule has 1 aromatic carbocycles. The Morgan fingerprint density at radius 1 is 1.38 bits per heavy atom. The fraction of sp³-hybridized carbons (Fsp3) is 0.214. The van der Waals surface area contributed by atoms with Crippen molar-refractivity contribution in [1.29, 1.82) is 0 Å². The number of ether oxygens (including phenoxy) is 1. The third kappa shape index (κ3) is 3.54. The average Bonchev–Trinajstić information content (AvgIpc) is 3.06. The number of nitrogens with zero attached hydrogens (tertiary/aromatic N) is 2. The smallest absolute Gasteiger partial charge is 0.193 e. The summed E-state index contributed by atoms with van der Waals surface area (Å²) < 4.78 is 7.72. The maximum atomic E-state index is 5.84. The molecule has 110 valence electrons. The fourth-order valence-corrected chi connectivity index (χ4v) is 2.87. The molecule has 2 aromatic heterocycles. The van der Waals surface area contributed by atoms with Crippen molar-refractivity contribution in [3.8, 4) is 5.75 Å². The number of nitrogens with one attached hydrogen (secondary N) is 1. The zero-order valence-electron chi connectivity index (χ0n) is 11.2. The van der Waals surface area contributed by atoms with Gasteiger partial charge in [0.1, 0.15) is 12.4 Å². The Hall–Kier alpha value is -1.60. The Balaban J connectivity index is 1.59. The van der Waals surface area contributed by atoms with Gasteiger partial charge < -0.3 is 4.74 Å². The number of rotatable bonds is 6. The van der Waals surface area contributed by atoms with E-state index < -0.39 is 0 Å². The normalized spacial score (nSPS) is 12.7. The van der Waals surface area contributed by atoms with Crippen molar-refractivity contribution in [2.75, 3.05) is 6.61 Å². The molecule has 0 fully saturated rings. The summed E-state index contributed by atoms with van der Waals surface area (Å²) >= 11 is 7.45. The first-order valence-electron chi connectivity index (χ1n) is 6.50. The first-order chi connectivity index (χ1) is 10.2. The van der Waals surface area contributed by atoms with Crippen molar-refractivity contribution in [3.05, 3.63) is 52.8 Å². The van der Waals surface area contributed by atoms with Gasteiger partial charge in [-0.15, -0.1) is 11.3 Å². The van der Waals surface area contributed by atoms with Crippen molar-refractivity contribution in [3.63, 3.8) is 0 Å². The molecule has 0 bridgehead atoms. The summed E-state index contributed by atoms with van der Waals surface area (Å²) in [6.45, 7) is 0.462. The summed E-state index contributed by atoms with van der Waals surface area (Å²) in [6, 6.07) is 7.26. The Bertz CT molecular complexity index is 681. The quantitative estimate of drug-likeness (QED) is 0.540. The molecule has 0 saturated carbocycles. The molecule has 21 heavy (non-hydrogen) atoms. The van der Waals surface area contributed by atoms with E-state index in [4.69, 9.17) is 22.2 Å². The summed E-state index contributed by atoms with van der Waals surface area (Å²) in [5, 5.41) is 2.70. The highest BCUT2D eigenvalue weighted by Crippen LogP contribution is 2.16. The lowest BCUT2D eigenvalue weighted by Crippen LogP contribution is -2.41. The molecule has 0 aliphatic carbocycles. The van der Waals surface area contributed by atoms with Crippen LogP contribution in [0.4, 0.5) is 0 Å². The summed E-state index contributed by atoms with van der Waals surface area (Å²) in [4.78, 5) is 5.53. The molecule has 0 radical (unpaired) electrons. The third-order valence-electron chi connectivity index (χ3n) is 3.10. The molecule has 5 nitrogen and oxygen atoms in total. The molecular formula is C14H15ClN4OS. The number of nitrogens with two attached hydrogens (primary N) is 1. The number of hydrazine groups is 1. The Morgan fingerprint density at radius 3 is 2.90 bits per heavy atom. The third-order valence-corrected chi connectivity index (χ3v) is 4.12. The second-order valence-electron chi connectivity index (χ2n) is 4.66. The van der Waals surface area contributed by atoms with Crippen LogP contribution >= 0.6 is 22.9 Å². The Kier molecular flexibility index (Phi) is 4.40. The molecule has 0 saturated heterocycles. The van der Waals surface area contributed by atoms with Gasteiger partial charge in [0.2, 0.25) is 0 Å². The summed E-state index contributed by atoms with van der Waals surface area (Å²) in [5.41, 5.74) is 3.76. The number of imidazole rings is 1. The summed E-state index contributed by atoms with van der Waals surface area (Å²) in [5.74, 6) is 6.36. The Morgan fingerprint density at radius 2 is 2.19 bits per heavy atom. The second kappa shape index (κ2) is 6.44. The van der Waals surface area contributed by atoms with Crippen LogP contribution < -0.4 is 16.0 Å². The zero-order chi connectivity index (χ0) is 14.7. The molecule has 0 aliphatic heterocycles. The minimum absolute atomic E-state index is 0.00900. The number of thiazole rings is 1. The lowest BCUT2D eigenvalue weighted by Gasteiger charge is -2.15. The van der Waals surface area contributed by atoms with Gasteiger partial charge in [0.05, 0.1) is 11.7 Å². The Labute approximate surface area is 131 Å². The fourth-order valence-electron chi connectivity index (χ4n) is 2.02. The predicted octanol–water partition coefficient (Wildman–Crippen LogP) is 2.50. The van der Waals surface area contributed by atoms with E-state index in [0.29, 0.717) is 18.1 Å². The van der Waals surface area contributed by atoms with Gasteiger partial charge in [-0.1, -0.05) is 11.6 Å². The van der Waals surface area contributed by atoms with E-state index in [9.17, 15) is 0 Å². The lowest BCUT2D eigenvalue weighted by atomic mass is 10.2. The van der Waals surface area contributed by atoms with Crippen LogP contribution in [0.3, 0.4) is 0 Å². The molecule has 1 unspecified atom stereocenters. The van der Waals surface area contributed by atoms with Crippen molar-refractivity contribution in [1.82, 2.24) is 14.8 Å². The minimum Gasteiger partial charge on any atom is -0.492 e. The van der Waals surface area contributed by atoms with E-state index in [2.05, 4.69) is 10.4 Å². The van der Waals surface area contributed by atoms with Crippen LogP contribution in [-0.4, -0.2) is 22.0 Å². The van der Waals surface area contributed by atoms with Crippen LogP contribution in [0.25, 0.3) is 4.96 Å². The topological polar surface area (TPSA) is 64.6 Å². The minimum atomic E-state index is -0.00900. The van der Waals surface area contributed by atoms with Crippen molar-refractivity contribution >= 4 is 27.9 Å². The number of hydrogen-bond donors (Lipinski definition) is 2. The van der Waals surface area contributed by atoms with E-state index in [1.54, 1.807) is 23.5 Å². The standard InChI is InChI=1S/C14H15ClN4OS/c15-10-1-3-13(4-2-10)20-9-12(18-16)7-11-8-19-5-6-21-14(19)17-11/h1-6,8,12,18H,7,9,16H2. The van der Waals surface area contributed by atoms with E-state index in [-0.39, 0.29) is 6.04 Å².